The van der Waals surface area contributed by atoms with Crippen LogP contribution in [0.5, 0.6) is 0 Å². The van der Waals surface area contributed by atoms with Gasteiger partial charge in [-0.2, -0.15) is 0 Å². The first-order valence-electron chi connectivity index (χ1n) is 3.62. The van der Waals surface area contributed by atoms with Gasteiger partial charge < -0.3 is 10.4 Å². The van der Waals surface area contributed by atoms with E-state index in [0.717, 1.165) is 0 Å². The van der Waals surface area contributed by atoms with E-state index in [2.05, 4.69) is 10.8 Å². The van der Waals surface area contributed by atoms with E-state index < -0.39 is 17.9 Å². The van der Waals surface area contributed by atoms with E-state index in [1.807, 2.05) is 0 Å². The normalized spacial score (nSPS) is 39.3. The number of hydrogen-bond acceptors (Lipinski definition) is 4. The van der Waals surface area contributed by atoms with Crippen molar-refractivity contribution in [1.29, 1.82) is 0 Å². The second-order valence-electron chi connectivity index (χ2n) is 2.87. The van der Waals surface area contributed by atoms with Gasteiger partial charge in [0.2, 0.25) is 0 Å². The van der Waals surface area contributed by atoms with Gasteiger partial charge in [0.1, 0.15) is 12.1 Å². The number of carbonyl (C=O) groups is 2. The standard InChI is InChI=1S/C6H8N2O4/c9-5-3-2(12-8-5)1-7-4(3)6(10)11/h2-4,7H,1H2,(H,8,9)(H,10,11)/t2-,3+,4-/m1/s1. The monoisotopic (exact) mass is 172 g/mol. The summed E-state index contributed by atoms with van der Waals surface area (Å²) in [5.74, 6) is -1.94. The number of rotatable bonds is 1. The predicted octanol–water partition coefficient (Wildman–Crippen LogP) is -1.91. The minimum absolute atomic E-state index is 0.335. The fourth-order valence-corrected chi connectivity index (χ4v) is 1.59. The molecule has 2 aliphatic heterocycles. The maximum Gasteiger partial charge on any atom is 0.321 e. The molecule has 0 spiro atoms. The average Bonchev–Trinajstić information content (AvgIpc) is 2.53. The first kappa shape index (κ1) is 7.51. The van der Waals surface area contributed by atoms with Crippen molar-refractivity contribution < 1.29 is 19.5 Å². The molecule has 0 unspecified atom stereocenters. The van der Waals surface area contributed by atoms with Gasteiger partial charge in [0.15, 0.2) is 0 Å². The molecule has 3 N–H and O–H groups in total. The van der Waals surface area contributed by atoms with E-state index in [1.54, 1.807) is 0 Å². The molecule has 2 fully saturated rings. The van der Waals surface area contributed by atoms with Crippen LogP contribution in [-0.2, 0) is 14.4 Å². The van der Waals surface area contributed by atoms with E-state index in [0.29, 0.717) is 6.54 Å². The SMILES string of the molecule is O=C1NO[C@@H]2CN[C@@H](C(=O)O)[C@@H]12. The Labute approximate surface area is 67.8 Å². The van der Waals surface area contributed by atoms with Crippen molar-refractivity contribution in [3.63, 3.8) is 0 Å². The molecule has 12 heavy (non-hydrogen) atoms. The van der Waals surface area contributed by atoms with Gasteiger partial charge >= 0.3 is 5.97 Å². The van der Waals surface area contributed by atoms with Gasteiger partial charge in [-0.25, -0.2) is 5.48 Å². The Morgan fingerprint density at radius 2 is 2.42 bits per heavy atom. The summed E-state index contributed by atoms with van der Waals surface area (Å²) < 4.78 is 0. The summed E-state index contributed by atoms with van der Waals surface area (Å²) >= 11 is 0. The van der Waals surface area contributed by atoms with Crippen LogP contribution in [0.1, 0.15) is 0 Å². The summed E-state index contributed by atoms with van der Waals surface area (Å²) in [6.07, 6.45) is -0.335. The van der Waals surface area contributed by atoms with Crippen molar-refractivity contribution in [2.45, 2.75) is 12.1 Å². The van der Waals surface area contributed by atoms with Crippen LogP contribution in [0.15, 0.2) is 0 Å². The molecule has 6 nitrogen and oxygen atoms in total. The molecule has 0 aliphatic carbocycles. The van der Waals surface area contributed by atoms with E-state index in [-0.39, 0.29) is 12.0 Å². The Hall–Kier alpha value is -1.14. The molecule has 2 aliphatic rings. The summed E-state index contributed by atoms with van der Waals surface area (Å²) in [4.78, 5) is 26.5. The van der Waals surface area contributed by atoms with Crippen molar-refractivity contribution in [2.75, 3.05) is 6.54 Å². The molecule has 0 aromatic heterocycles. The third-order valence-electron chi connectivity index (χ3n) is 2.18. The van der Waals surface area contributed by atoms with Gasteiger partial charge in [-0.05, 0) is 0 Å². The largest absolute Gasteiger partial charge is 0.480 e. The summed E-state index contributed by atoms with van der Waals surface area (Å²) in [6.45, 7) is 0.403. The second kappa shape index (κ2) is 2.43. The number of amides is 1. The smallest absolute Gasteiger partial charge is 0.321 e. The lowest BCUT2D eigenvalue weighted by Gasteiger charge is -2.08. The van der Waals surface area contributed by atoms with E-state index >= 15 is 0 Å². The van der Waals surface area contributed by atoms with Crippen LogP contribution in [0.3, 0.4) is 0 Å². The van der Waals surface area contributed by atoms with Gasteiger partial charge in [-0.1, -0.05) is 0 Å². The third kappa shape index (κ3) is 0.886. The summed E-state index contributed by atoms with van der Waals surface area (Å²) in [7, 11) is 0. The Kier molecular flexibility index (Phi) is 1.52. The van der Waals surface area contributed by atoms with Crippen LogP contribution >= 0.6 is 0 Å². The van der Waals surface area contributed by atoms with Crippen LogP contribution in [-0.4, -0.2) is 35.7 Å². The van der Waals surface area contributed by atoms with Crippen molar-refractivity contribution in [2.24, 2.45) is 5.92 Å². The molecule has 0 aromatic rings. The summed E-state index contributed by atoms with van der Waals surface area (Å²) in [6, 6.07) is -0.808. The molecular weight excluding hydrogens is 164 g/mol. The molecule has 1 amide bonds. The molecule has 6 heteroatoms. The van der Waals surface area contributed by atoms with Crippen molar-refractivity contribution in [1.82, 2.24) is 10.8 Å². The predicted molar refractivity (Wildman–Crippen MR) is 35.9 cm³/mol. The third-order valence-corrected chi connectivity index (χ3v) is 2.18. The lowest BCUT2D eigenvalue weighted by Crippen LogP contribution is -2.40. The van der Waals surface area contributed by atoms with Gasteiger partial charge in [0.05, 0.1) is 5.92 Å². The van der Waals surface area contributed by atoms with E-state index in [1.165, 1.54) is 0 Å². The van der Waals surface area contributed by atoms with Crippen LogP contribution in [0.25, 0.3) is 0 Å². The molecular formula is C6H8N2O4. The lowest BCUT2D eigenvalue weighted by atomic mass is 9.99. The number of carboxylic acid groups (broad SMARTS) is 1. The van der Waals surface area contributed by atoms with Gasteiger partial charge in [-0.3, -0.25) is 14.4 Å². The Morgan fingerprint density at radius 1 is 1.67 bits per heavy atom. The highest BCUT2D eigenvalue weighted by atomic mass is 16.7. The number of carboxylic acids is 1. The van der Waals surface area contributed by atoms with Crippen molar-refractivity contribution in [3.05, 3.63) is 0 Å². The zero-order chi connectivity index (χ0) is 8.72. The number of nitrogens with one attached hydrogen (secondary N) is 2. The molecule has 2 saturated heterocycles. The van der Waals surface area contributed by atoms with E-state index in [4.69, 9.17) is 9.94 Å². The molecule has 0 bridgehead atoms. The minimum Gasteiger partial charge on any atom is -0.480 e. The van der Waals surface area contributed by atoms with Crippen molar-refractivity contribution >= 4 is 11.9 Å². The molecule has 0 aromatic carbocycles. The van der Waals surface area contributed by atoms with Crippen LogP contribution < -0.4 is 10.8 Å². The van der Waals surface area contributed by atoms with Gasteiger partial charge in [-0.15, -0.1) is 0 Å². The highest BCUT2D eigenvalue weighted by molar-refractivity contribution is 5.88. The first-order valence-corrected chi connectivity index (χ1v) is 3.62. The Bertz CT molecular complexity index is 242. The van der Waals surface area contributed by atoms with Crippen LogP contribution in [0, 0.1) is 5.92 Å². The average molecular weight is 172 g/mol. The van der Waals surface area contributed by atoms with Gasteiger partial charge in [0, 0.05) is 6.54 Å². The number of carbonyl (C=O) groups excluding carboxylic acids is 1. The second-order valence-corrected chi connectivity index (χ2v) is 2.87. The minimum atomic E-state index is -1.01. The van der Waals surface area contributed by atoms with Crippen LogP contribution in [0.2, 0.25) is 0 Å². The van der Waals surface area contributed by atoms with Gasteiger partial charge in [0.25, 0.3) is 5.91 Å². The molecule has 2 rings (SSSR count). The molecule has 2 heterocycles. The number of fused-ring (bicyclic) bond motifs is 1. The van der Waals surface area contributed by atoms with Crippen LogP contribution in [0.4, 0.5) is 0 Å². The molecule has 0 radical (unpaired) electrons. The number of hydroxylamine groups is 1. The van der Waals surface area contributed by atoms with E-state index in [9.17, 15) is 9.59 Å². The molecule has 3 atom stereocenters. The maximum absolute atomic E-state index is 11.0. The maximum atomic E-state index is 11.0. The summed E-state index contributed by atoms with van der Waals surface area (Å²) in [5.41, 5.74) is 2.16. The number of hydrogen-bond donors (Lipinski definition) is 3. The summed E-state index contributed by atoms with van der Waals surface area (Å²) in [5, 5.41) is 11.4. The fraction of sp³-hybridized carbons (Fsp3) is 0.667. The highest BCUT2D eigenvalue weighted by Crippen LogP contribution is 2.23. The lowest BCUT2D eigenvalue weighted by molar-refractivity contribution is -0.142. The highest BCUT2D eigenvalue weighted by Gasteiger charge is 2.49. The Balaban J connectivity index is 2.19. The quantitative estimate of drug-likeness (QED) is 0.429. The fourth-order valence-electron chi connectivity index (χ4n) is 1.59. The van der Waals surface area contributed by atoms with Crippen molar-refractivity contribution in [3.8, 4) is 0 Å². The number of aliphatic carboxylic acids is 1. The topological polar surface area (TPSA) is 87.7 Å². The Morgan fingerprint density at radius 3 is 3.08 bits per heavy atom. The first-order chi connectivity index (χ1) is 5.70. The molecule has 0 saturated carbocycles. The zero-order valence-electron chi connectivity index (χ0n) is 6.11. The zero-order valence-corrected chi connectivity index (χ0v) is 6.11. The molecule has 66 valence electrons.